The van der Waals surface area contributed by atoms with Gasteiger partial charge in [0.1, 0.15) is 0 Å². The molecule has 0 spiro atoms. The summed E-state index contributed by atoms with van der Waals surface area (Å²) in [5, 5.41) is 3.46. The zero-order valence-corrected chi connectivity index (χ0v) is 10.4. The van der Waals surface area contributed by atoms with E-state index in [0.717, 1.165) is 38.5 Å². The van der Waals surface area contributed by atoms with Gasteiger partial charge in [0.2, 0.25) is 0 Å². The highest BCUT2D eigenvalue weighted by Crippen LogP contribution is 1.95. The molecule has 86 valence electrons. The molecule has 0 unspecified atom stereocenters. The second kappa shape index (κ2) is 11.3. The number of nitrogens with one attached hydrogen (secondary N) is 1. The van der Waals surface area contributed by atoms with Crippen molar-refractivity contribution < 1.29 is 0 Å². The van der Waals surface area contributed by atoms with Crippen molar-refractivity contribution in [3.05, 3.63) is 0 Å². The molecule has 0 aliphatic heterocycles. The Morgan fingerprint density at radius 2 is 1.71 bits per heavy atom. The van der Waals surface area contributed by atoms with Gasteiger partial charge in [-0.05, 0) is 32.5 Å². The number of hydrogen-bond acceptors (Lipinski definition) is 2. The van der Waals surface area contributed by atoms with Gasteiger partial charge in [-0.3, -0.25) is 0 Å². The van der Waals surface area contributed by atoms with Crippen LogP contribution in [0.3, 0.4) is 0 Å². The lowest BCUT2D eigenvalue weighted by atomic mass is 10.2. The third-order valence-electron chi connectivity index (χ3n) is 2.49. The maximum absolute atomic E-state index is 5.59. The predicted octanol–water partition coefficient (Wildman–Crippen LogP) is 2.33. The van der Waals surface area contributed by atoms with Crippen LogP contribution in [-0.4, -0.2) is 43.5 Å². The van der Waals surface area contributed by atoms with E-state index in [1.807, 2.05) is 0 Å². The lowest BCUT2D eigenvalue weighted by Crippen LogP contribution is -2.32. The second-order valence-electron chi connectivity index (χ2n) is 3.53. The molecule has 0 bridgehead atoms. The summed E-state index contributed by atoms with van der Waals surface area (Å²) >= 11 is 5.59. The minimum atomic E-state index is 0.805. The smallest absolute Gasteiger partial charge is 0.0223 e. The first-order valence-corrected chi connectivity index (χ1v) is 6.37. The summed E-state index contributed by atoms with van der Waals surface area (Å²) in [6, 6.07) is 0. The summed E-state index contributed by atoms with van der Waals surface area (Å²) in [7, 11) is 0. The van der Waals surface area contributed by atoms with Gasteiger partial charge in [0.05, 0.1) is 0 Å². The first kappa shape index (κ1) is 14.2. The van der Waals surface area contributed by atoms with Crippen molar-refractivity contribution in [3.63, 3.8) is 0 Å². The Balaban J connectivity index is 3.04. The number of likely N-dealkylation sites (N-methyl/N-ethyl adjacent to an activating group) is 1. The summed E-state index contributed by atoms with van der Waals surface area (Å²) in [6.45, 7) is 10.2. The number of nitrogens with zero attached hydrogens (tertiary/aromatic N) is 1. The van der Waals surface area contributed by atoms with Crippen molar-refractivity contribution >= 4 is 11.6 Å². The molecule has 3 heteroatoms. The first-order valence-electron chi connectivity index (χ1n) is 5.84. The van der Waals surface area contributed by atoms with E-state index in [-0.39, 0.29) is 0 Å². The summed E-state index contributed by atoms with van der Waals surface area (Å²) in [5.41, 5.74) is 0. The van der Waals surface area contributed by atoms with Crippen molar-refractivity contribution in [2.24, 2.45) is 0 Å². The highest BCUT2D eigenvalue weighted by Gasteiger charge is 1.96. The fourth-order valence-corrected chi connectivity index (χ4v) is 1.61. The van der Waals surface area contributed by atoms with Gasteiger partial charge in [0, 0.05) is 19.0 Å². The van der Waals surface area contributed by atoms with Crippen LogP contribution in [0.15, 0.2) is 0 Å². The molecule has 0 saturated heterocycles. The molecular formula is C11H25ClN2. The zero-order valence-electron chi connectivity index (χ0n) is 9.69. The fourth-order valence-electron chi connectivity index (χ4n) is 1.42. The molecule has 0 rings (SSSR count). The van der Waals surface area contributed by atoms with Crippen LogP contribution in [0.1, 0.15) is 33.1 Å². The topological polar surface area (TPSA) is 15.3 Å². The Morgan fingerprint density at radius 1 is 1.00 bits per heavy atom. The van der Waals surface area contributed by atoms with Crippen LogP contribution in [-0.2, 0) is 0 Å². The van der Waals surface area contributed by atoms with E-state index in [2.05, 4.69) is 24.1 Å². The van der Waals surface area contributed by atoms with Crippen LogP contribution < -0.4 is 5.32 Å². The summed E-state index contributed by atoms with van der Waals surface area (Å²) in [6.07, 6.45) is 3.66. The molecular weight excluding hydrogens is 196 g/mol. The van der Waals surface area contributed by atoms with Crippen LogP contribution in [0, 0.1) is 0 Å². The van der Waals surface area contributed by atoms with Crippen LogP contribution in [0.4, 0.5) is 0 Å². The van der Waals surface area contributed by atoms with E-state index in [1.54, 1.807) is 0 Å². The predicted molar refractivity (Wildman–Crippen MR) is 65.2 cm³/mol. The van der Waals surface area contributed by atoms with Gasteiger partial charge in [-0.25, -0.2) is 0 Å². The molecule has 0 aromatic heterocycles. The highest BCUT2D eigenvalue weighted by molar-refractivity contribution is 6.17. The molecule has 0 aromatic rings. The second-order valence-corrected chi connectivity index (χ2v) is 3.90. The van der Waals surface area contributed by atoms with Crippen molar-refractivity contribution in [3.8, 4) is 0 Å². The van der Waals surface area contributed by atoms with E-state index in [4.69, 9.17) is 11.6 Å². The molecule has 2 nitrogen and oxygen atoms in total. The van der Waals surface area contributed by atoms with Gasteiger partial charge in [0.25, 0.3) is 0 Å². The van der Waals surface area contributed by atoms with Crippen molar-refractivity contribution in [1.82, 2.24) is 10.2 Å². The third kappa shape index (κ3) is 8.79. The molecule has 0 aliphatic carbocycles. The lowest BCUT2D eigenvalue weighted by molar-refractivity contribution is 0.302. The molecule has 1 N–H and O–H groups in total. The molecule has 0 fully saturated rings. The molecule has 0 amide bonds. The lowest BCUT2D eigenvalue weighted by Gasteiger charge is -2.17. The van der Waals surface area contributed by atoms with Gasteiger partial charge < -0.3 is 10.2 Å². The number of rotatable bonds is 10. The van der Waals surface area contributed by atoms with E-state index >= 15 is 0 Å². The first-order chi connectivity index (χ1) is 6.85. The number of halogens is 1. The fraction of sp³-hybridized carbons (Fsp3) is 1.00. The Hall–Kier alpha value is 0.210. The van der Waals surface area contributed by atoms with Gasteiger partial charge in [-0.15, -0.1) is 11.6 Å². The van der Waals surface area contributed by atoms with Crippen LogP contribution in [0.2, 0.25) is 0 Å². The van der Waals surface area contributed by atoms with E-state index in [9.17, 15) is 0 Å². The van der Waals surface area contributed by atoms with Crippen LogP contribution >= 0.6 is 11.6 Å². The molecule has 14 heavy (non-hydrogen) atoms. The Bertz CT molecular complexity index is 105. The Labute approximate surface area is 94.0 Å². The van der Waals surface area contributed by atoms with Crippen LogP contribution in [0.5, 0.6) is 0 Å². The minimum absolute atomic E-state index is 0.805. The molecule has 0 heterocycles. The van der Waals surface area contributed by atoms with Gasteiger partial charge >= 0.3 is 0 Å². The summed E-state index contributed by atoms with van der Waals surface area (Å²) in [4.78, 5) is 2.44. The molecule has 0 aromatic carbocycles. The standard InChI is InChI=1S/C11H25ClN2/c1-3-14(4-2)11-10-13-9-7-5-6-8-12/h13H,3-11H2,1-2H3. The van der Waals surface area contributed by atoms with Crippen LogP contribution in [0.25, 0.3) is 0 Å². The Morgan fingerprint density at radius 3 is 2.29 bits per heavy atom. The average Bonchev–Trinajstić information content (AvgIpc) is 2.22. The quantitative estimate of drug-likeness (QED) is 0.449. The molecule has 0 aliphatic rings. The maximum atomic E-state index is 5.59. The average molecular weight is 221 g/mol. The van der Waals surface area contributed by atoms with Gasteiger partial charge in [-0.1, -0.05) is 20.3 Å². The van der Waals surface area contributed by atoms with Gasteiger partial charge in [0.15, 0.2) is 0 Å². The highest BCUT2D eigenvalue weighted by atomic mass is 35.5. The van der Waals surface area contributed by atoms with Crippen molar-refractivity contribution in [1.29, 1.82) is 0 Å². The number of hydrogen-bond donors (Lipinski definition) is 1. The number of unbranched alkanes of at least 4 members (excludes halogenated alkanes) is 2. The summed E-state index contributed by atoms with van der Waals surface area (Å²) < 4.78 is 0. The largest absolute Gasteiger partial charge is 0.315 e. The normalized spacial score (nSPS) is 11.1. The summed E-state index contributed by atoms with van der Waals surface area (Å²) in [5.74, 6) is 0.805. The molecule has 0 radical (unpaired) electrons. The maximum Gasteiger partial charge on any atom is 0.0223 e. The molecule has 0 saturated carbocycles. The Kier molecular flexibility index (Phi) is 11.5. The van der Waals surface area contributed by atoms with E-state index in [0.29, 0.717) is 0 Å². The van der Waals surface area contributed by atoms with Crippen molar-refractivity contribution in [2.75, 3.05) is 38.6 Å². The van der Waals surface area contributed by atoms with E-state index < -0.39 is 0 Å². The SMILES string of the molecule is CCN(CC)CCNCCCCCCl. The third-order valence-corrected chi connectivity index (χ3v) is 2.75. The molecule has 0 atom stereocenters. The van der Waals surface area contributed by atoms with E-state index in [1.165, 1.54) is 19.4 Å². The zero-order chi connectivity index (χ0) is 10.6. The van der Waals surface area contributed by atoms with Gasteiger partial charge in [-0.2, -0.15) is 0 Å². The number of alkyl halides is 1. The van der Waals surface area contributed by atoms with Crippen molar-refractivity contribution in [2.45, 2.75) is 33.1 Å². The monoisotopic (exact) mass is 220 g/mol. The minimum Gasteiger partial charge on any atom is -0.315 e.